The van der Waals surface area contributed by atoms with E-state index in [0.717, 1.165) is 17.9 Å². The molecule has 1 aromatic heterocycles. The van der Waals surface area contributed by atoms with Crippen molar-refractivity contribution in [3.8, 4) is 0 Å². The van der Waals surface area contributed by atoms with Crippen LogP contribution in [0.1, 0.15) is 36.6 Å². The minimum Gasteiger partial charge on any atom is -0.381 e. The minimum absolute atomic E-state index is 0.433. The number of nitrogens with zero attached hydrogens (tertiary/aromatic N) is 2. The van der Waals surface area contributed by atoms with Gasteiger partial charge >= 0.3 is 0 Å². The minimum atomic E-state index is 0.433. The highest BCUT2D eigenvalue weighted by Crippen LogP contribution is 2.21. The third-order valence-corrected chi connectivity index (χ3v) is 3.27. The molecule has 108 valence electrons. The van der Waals surface area contributed by atoms with Gasteiger partial charge in [-0.1, -0.05) is 32.0 Å². The van der Waals surface area contributed by atoms with Crippen molar-refractivity contribution in [3.63, 3.8) is 0 Å². The molecule has 0 atom stereocenters. The molecule has 1 aromatic carbocycles. The molecule has 1 N–H and O–H groups in total. The number of rotatable bonds is 6. The summed E-state index contributed by atoms with van der Waals surface area (Å²) >= 11 is 0. The second-order valence-corrected chi connectivity index (χ2v) is 5.31. The van der Waals surface area contributed by atoms with Crippen LogP contribution < -0.4 is 5.32 Å². The Morgan fingerprint density at radius 1 is 1.25 bits per heavy atom. The van der Waals surface area contributed by atoms with Crippen molar-refractivity contribution in [1.29, 1.82) is 0 Å². The van der Waals surface area contributed by atoms with E-state index in [9.17, 15) is 0 Å². The first-order valence-electron chi connectivity index (χ1n) is 6.95. The van der Waals surface area contributed by atoms with Crippen molar-refractivity contribution >= 4 is 5.69 Å². The number of hydrogen-bond donors (Lipinski definition) is 1. The number of benzene rings is 1. The zero-order valence-electron chi connectivity index (χ0n) is 12.7. The summed E-state index contributed by atoms with van der Waals surface area (Å²) < 4.78 is 7.11. The van der Waals surface area contributed by atoms with Gasteiger partial charge in [0.05, 0.1) is 12.3 Å². The van der Waals surface area contributed by atoms with E-state index < -0.39 is 0 Å². The largest absolute Gasteiger partial charge is 0.381 e. The molecular formula is C16H23N3O. The van der Waals surface area contributed by atoms with Crippen LogP contribution in [-0.4, -0.2) is 16.9 Å². The van der Waals surface area contributed by atoms with Crippen molar-refractivity contribution in [1.82, 2.24) is 9.78 Å². The Balaban J connectivity index is 2.13. The number of aryl methyl sites for hydroxylation is 1. The molecule has 0 spiro atoms. The first kappa shape index (κ1) is 14.6. The van der Waals surface area contributed by atoms with Crippen LogP contribution in [0.5, 0.6) is 0 Å². The molecule has 1 heterocycles. The van der Waals surface area contributed by atoms with Crippen LogP contribution >= 0.6 is 0 Å². The smallest absolute Gasteiger partial charge is 0.0733 e. The molecular weight excluding hydrogens is 250 g/mol. The number of anilines is 1. The lowest BCUT2D eigenvalue weighted by Crippen LogP contribution is -2.05. The van der Waals surface area contributed by atoms with Crippen LogP contribution in [0, 0.1) is 0 Å². The number of para-hydroxylation sites is 1. The van der Waals surface area contributed by atoms with Crippen molar-refractivity contribution in [2.75, 3.05) is 12.4 Å². The first-order valence-corrected chi connectivity index (χ1v) is 6.95. The highest BCUT2D eigenvalue weighted by molar-refractivity contribution is 5.51. The van der Waals surface area contributed by atoms with E-state index in [1.165, 1.54) is 11.1 Å². The summed E-state index contributed by atoms with van der Waals surface area (Å²) in [5.74, 6) is 0.433. The average molecular weight is 273 g/mol. The standard InChI is InChI=1S/C16H23N3O/c1-12(2)16-14(10-19(3)18-16)9-17-15-8-6-5-7-13(15)11-20-4/h5-8,10,12,17H,9,11H2,1-4H3. The van der Waals surface area contributed by atoms with Gasteiger partial charge in [-0.25, -0.2) is 0 Å². The topological polar surface area (TPSA) is 39.1 Å². The summed E-state index contributed by atoms with van der Waals surface area (Å²) in [4.78, 5) is 0. The molecule has 0 aliphatic heterocycles. The predicted molar refractivity (Wildman–Crippen MR) is 81.8 cm³/mol. The molecule has 20 heavy (non-hydrogen) atoms. The van der Waals surface area contributed by atoms with Crippen molar-refractivity contribution < 1.29 is 4.74 Å². The maximum atomic E-state index is 5.23. The fourth-order valence-corrected chi connectivity index (χ4v) is 2.34. The van der Waals surface area contributed by atoms with Gasteiger partial charge in [0.25, 0.3) is 0 Å². The van der Waals surface area contributed by atoms with Gasteiger partial charge < -0.3 is 10.1 Å². The number of methoxy groups -OCH3 is 1. The van der Waals surface area contributed by atoms with Gasteiger partial charge in [0.15, 0.2) is 0 Å². The van der Waals surface area contributed by atoms with Gasteiger partial charge in [0.1, 0.15) is 0 Å². The Bertz CT molecular complexity index is 561. The molecule has 2 rings (SSSR count). The van der Waals surface area contributed by atoms with E-state index in [2.05, 4.69) is 42.6 Å². The zero-order chi connectivity index (χ0) is 14.5. The summed E-state index contributed by atoms with van der Waals surface area (Å²) in [6.45, 7) is 5.74. The summed E-state index contributed by atoms with van der Waals surface area (Å²) in [6.07, 6.45) is 2.08. The molecule has 0 amide bonds. The fourth-order valence-electron chi connectivity index (χ4n) is 2.34. The Hall–Kier alpha value is -1.81. The van der Waals surface area contributed by atoms with E-state index in [0.29, 0.717) is 12.5 Å². The number of nitrogens with one attached hydrogen (secondary N) is 1. The highest BCUT2D eigenvalue weighted by Gasteiger charge is 2.11. The Morgan fingerprint density at radius 2 is 2.00 bits per heavy atom. The molecule has 0 fully saturated rings. The lowest BCUT2D eigenvalue weighted by Gasteiger charge is -2.12. The van der Waals surface area contributed by atoms with Gasteiger partial charge in [0.2, 0.25) is 0 Å². The van der Waals surface area contributed by atoms with E-state index in [4.69, 9.17) is 4.74 Å². The Kier molecular flexibility index (Phi) is 4.79. The lowest BCUT2D eigenvalue weighted by atomic mass is 10.1. The molecule has 0 saturated carbocycles. The number of ether oxygens (including phenoxy) is 1. The van der Waals surface area contributed by atoms with Crippen molar-refractivity contribution in [3.05, 3.63) is 47.3 Å². The normalized spacial score (nSPS) is 11.1. The van der Waals surface area contributed by atoms with Gasteiger partial charge in [-0.15, -0.1) is 0 Å². The number of hydrogen-bond acceptors (Lipinski definition) is 3. The second-order valence-electron chi connectivity index (χ2n) is 5.31. The summed E-state index contributed by atoms with van der Waals surface area (Å²) in [5, 5.41) is 8.02. The lowest BCUT2D eigenvalue weighted by molar-refractivity contribution is 0.185. The van der Waals surface area contributed by atoms with Crippen LogP contribution in [0.4, 0.5) is 5.69 Å². The van der Waals surface area contributed by atoms with Crippen LogP contribution in [0.25, 0.3) is 0 Å². The van der Waals surface area contributed by atoms with E-state index in [-0.39, 0.29) is 0 Å². The third kappa shape index (κ3) is 3.39. The van der Waals surface area contributed by atoms with E-state index >= 15 is 0 Å². The highest BCUT2D eigenvalue weighted by atomic mass is 16.5. The van der Waals surface area contributed by atoms with E-state index in [1.54, 1.807) is 7.11 Å². The quantitative estimate of drug-likeness (QED) is 0.877. The Labute approximate surface area is 120 Å². The molecule has 0 bridgehead atoms. The maximum Gasteiger partial charge on any atom is 0.0733 e. The van der Waals surface area contributed by atoms with Crippen molar-refractivity contribution in [2.24, 2.45) is 7.05 Å². The molecule has 0 aliphatic rings. The maximum absolute atomic E-state index is 5.23. The second kappa shape index (κ2) is 6.57. The van der Waals surface area contributed by atoms with Crippen LogP contribution in [-0.2, 0) is 24.9 Å². The average Bonchev–Trinajstić information content (AvgIpc) is 2.79. The van der Waals surface area contributed by atoms with Crippen LogP contribution in [0.3, 0.4) is 0 Å². The summed E-state index contributed by atoms with van der Waals surface area (Å²) in [7, 11) is 3.68. The molecule has 0 unspecified atom stereocenters. The molecule has 4 heteroatoms. The van der Waals surface area contributed by atoms with Crippen LogP contribution in [0.15, 0.2) is 30.5 Å². The zero-order valence-corrected chi connectivity index (χ0v) is 12.7. The predicted octanol–water partition coefficient (Wildman–Crippen LogP) is 3.30. The molecule has 2 aromatic rings. The fraction of sp³-hybridized carbons (Fsp3) is 0.438. The Morgan fingerprint density at radius 3 is 2.70 bits per heavy atom. The van der Waals surface area contributed by atoms with Crippen molar-refractivity contribution in [2.45, 2.75) is 32.9 Å². The van der Waals surface area contributed by atoms with Gasteiger partial charge in [0, 0.05) is 43.7 Å². The van der Waals surface area contributed by atoms with Gasteiger partial charge in [-0.05, 0) is 12.0 Å². The van der Waals surface area contributed by atoms with E-state index in [1.807, 2.05) is 23.9 Å². The summed E-state index contributed by atoms with van der Waals surface area (Å²) in [6, 6.07) is 8.23. The van der Waals surface area contributed by atoms with Crippen LogP contribution in [0.2, 0.25) is 0 Å². The SMILES string of the molecule is COCc1ccccc1NCc1cn(C)nc1C(C)C. The first-order chi connectivity index (χ1) is 9.61. The monoisotopic (exact) mass is 273 g/mol. The molecule has 0 aliphatic carbocycles. The molecule has 4 nitrogen and oxygen atoms in total. The third-order valence-electron chi connectivity index (χ3n) is 3.27. The number of aromatic nitrogens is 2. The van der Waals surface area contributed by atoms with Gasteiger partial charge in [-0.3, -0.25) is 4.68 Å². The molecule has 0 radical (unpaired) electrons. The van der Waals surface area contributed by atoms with Gasteiger partial charge in [-0.2, -0.15) is 5.10 Å². The molecule has 0 saturated heterocycles. The summed E-state index contributed by atoms with van der Waals surface area (Å²) in [5.41, 5.74) is 4.69.